The van der Waals surface area contributed by atoms with Crippen molar-refractivity contribution in [1.82, 2.24) is 14.3 Å². The SMILES string of the molecule is CCOc1ccc(NC(=O)CN(C)Cc2cc(=O)n3cc(C)ccc3n2)cc1OCC. The Labute approximate surface area is 181 Å². The fourth-order valence-electron chi connectivity index (χ4n) is 3.25. The van der Waals surface area contributed by atoms with Crippen molar-refractivity contribution in [2.75, 3.05) is 32.1 Å². The number of ether oxygens (including phenoxy) is 2. The molecule has 0 aliphatic rings. The minimum atomic E-state index is -0.178. The highest BCUT2D eigenvalue weighted by atomic mass is 16.5. The van der Waals surface area contributed by atoms with Gasteiger partial charge in [0.15, 0.2) is 11.5 Å². The van der Waals surface area contributed by atoms with Crippen LogP contribution in [0.2, 0.25) is 0 Å². The van der Waals surface area contributed by atoms with E-state index in [4.69, 9.17) is 9.47 Å². The topological polar surface area (TPSA) is 85.2 Å². The fraction of sp³-hybridized carbons (Fsp3) is 0.348. The molecule has 0 fully saturated rings. The van der Waals surface area contributed by atoms with E-state index in [0.29, 0.717) is 48.3 Å². The zero-order chi connectivity index (χ0) is 22.4. The van der Waals surface area contributed by atoms with Gasteiger partial charge in [-0.1, -0.05) is 6.07 Å². The van der Waals surface area contributed by atoms with E-state index in [0.717, 1.165) is 5.56 Å². The van der Waals surface area contributed by atoms with E-state index in [2.05, 4.69) is 10.3 Å². The number of nitrogens with zero attached hydrogens (tertiary/aromatic N) is 3. The van der Waals surface area contributed by atoms with E-state index < -0.39 is 0 Å². The lowest BCUT2D eigenvalue weighted by atomic mass is 10.2. The first-order valence-electron chi connectivity index (χ1n) is 10.3. The number of hydrogen-bond donors (Lipinski definition) is 1. The Hall–Kier alpha value is -3.39. The van der Waals surface area contributed by atoms with Gasteiger partial charge in [0.1, 0.15) is 5.65 Å². The second-order valence-electron chi connectivity index (χ2n) is 7.27. The van der Waals surface area contributed by atoms with Crippen LogP contribution >= 0.6 is 0 Å². The van der Waals surface area contributed by atoms with Gasteiger partial charge in [-0.15, -0.1) is 0 Å². The number of amides is 1. The number of likely N-dealkylation sites (N-methyl/N-ethyl adjacent to an activating group) is 1. The highest BCUT2D eigenvalue weighted by molar-refractivity contribution is 5.92. The Morgan fingerprint density at radius 3 is 2.58 bits per heavy atom. The number of carbonyl (C=O) groups is 1. The standard InChI is InChI=1S/C23H28N4O4/c1-5-30-19-9-8-17(11-20(19)31-6-2)25-22(28)15-26(4)14-18-12-23(29)27-13-16(3)7-10-21(27)24-18/h7-13H,5-6,14-15H2,1-4H3,(H,25,28). The summed E-state index contributed by atoms with van der Waals surface area (Å²) in [6.07, 6.45) is 1.76. The maximum Gasteiger partial charge on any atom is 0.258 e. The molecule has 0 unspecified atom stereocenters. The number of benzene rings is 1. The van der Waals surface area contributed by atoms with E-state index >= 15 is 0 Å². The van der Waals surface area contributed by atoms with Gasteiger partial charge in [-0.3, -0.25) is 18.9 Å². The second-order valence-corrected chi connectivity index (χ2v) is 7.27. The number of hydrogen-bond acceptors (Lipinski definition) is 6. The molecule has 0 aliphatic carbocycles. The Morgan fingerprint density at radius 1 is 1.10 bits per heavy atom. The summed E-state index contributed by atoms with van der Waals surface area (Å²) in [7, 11) is 1.81. The smallest absolute Gasteiger partial charge is 0.258 e. The number of nitrogens with one attached hydrogen (secondary N) is 1. The lowest BCUT2D eigenvalue weighted by Gasteiger charge is -2.17. The van der Waals surface area contributed by atoms with E-state index in [9.17, 15) is 9.59 Å². The molecule has 0 atom stereocenters. The highest BCUT2D eigenvalue weighted by Crippen LogP contribution is 2.30. The number of aromatic nitrogens is 2. The first-order valence-corrected chi connectivity index (χ1v) is 10.3. The summed E-state index contributed by atoms with van der Waals surface area (Å²) in [4.78, 5) is 31.2. The average Bonchev–Trinajstić information content (AvgIpc) is 2.70. The van der Waals surface area contributed by atoms with E-state index in [1.54, 1.807) is 29.3 Å². The number of anilines is 1. The maximum atomic E-state index is 12.5. The molecule has 0 aliphatic heterocycles. The Balaban J connectivity index is 1.64. The number of pyridine rings is 1. The van der Waals surface area contributed by atoms with Crippen LogP contribution in [0, 0.1) is 6.92 Å². The van der Waals surface area contributed by atoms with E-state index in [-0.39, 0.29) is 18.0 Å². The van der Waals surface area contributed by atoms with Gasteiger partial charge in [0.25, 0.3) is 5.56 Å². The summed E-state index contributed by atoms with van der Waals surface area (Å²) < 4.78 is 12.7. The minimum Gasteiger partial charge on any atom is -0.490 e. The average molecular weight is 425 g/mol. The van der Waals surface area contributed by atoms with Crippen molar-refractivity contribution in [3.8, 4) is 11.5 Å². The van der Waals surface area contributed by atoms with Crippen LogP contribution in [0.4, 0.5) is 5.69 Å². The first kappa shape index (κ1) is 22.3. The van der Waals surface area contributed by atoms with Gasteiger partial charge in [-0.05, 0) is 51.6 Å². The van der Waals surface area contributed by atoms with Crippen LogP contribution in [0.5, 0.6) is 11.5 Å². The summed E-state index contributed by atoms with van der Waals surface area (Å²) in [5, 5.41) is 2.87. The zero-order valence-corrected chi connectivity index (χ0v) is 18.3. The van der Waals surface area contributed by atoms with Gasteiger partial charge in [0, 0.05) is 30.6 Å². The van der Waals surface area contributed by atoms with E-state index in [1.807, 2.05) is 40.0 Å². The summed E-state index contributed by atoms with van der Waals surface area (Å²) in [6, 6.07) is 10.5. The van der Waals surface area contributed by atoms with Crippen LogP contribution in [0.25, 0.3) is 5.65 Å². The van der Waals surface area contributed by atoms with Crippen molar-refractivity contribution in [3.63, 3.8) is 0 Å². The Bertz CT molecular complexity index is 1130. The molecule has 3 rings (SSSR count). The van der Waals surface area contributed by atoms with Crippen LogP contribution in [0.3, 0.4) is 0 Å². The fourth-order valence-corrected chi connectivity index (χ4v) is 3.25. The third-order valence-electron chi connectivity index (χ3n) is 4.53. The van der Waals surface area contributed by atoms with Gasteiger partial charge < -0.3 is 14.8 Å². The Morgan fingerprint density at radius 2 is 1.84 bits per heavy atom. The molecule has 164 valence electrons. The number of aryl methyl sites for hydroxylation is 1. The normalized spacial score (nSPS) is 11.0. The lowest BCUT2D eigenvalue weighted by molar-refractivity contribution is -0.117. The largest absolute Gasteiger partial charge is 0.490 e. The second kappa shape index (κ2) is 10.1. The van der Waals surface area contributed by atoms with Gasteiger partial charge >= 0.3 is 0 Å². The van der Waals surface area contributed by atoms with E-state index in [1.165, 1.54) is 10.5 Å². The van der Waals surface area contributed by atoms with Gasteiger partial charge in [0.05, 0.1) is 25.5 Å². The summed E-state index contributed by atoms with van der Waals surface area (Å²) in [5.41, 5.74) is 2.68. The summed E-state index contributed by atoms with van der Waals surface area (Å²) in [6.45, 7) is 7.27. The van der Waals surface area contributed by atoms with Crippen molar-refractivity contribution in [3.05, 3.63) is 64.2 Å². The van der Waals surface area contributed by atoms with Crippen LogP contribution in [0.1, 0.15) is 25.1 Å². The molecule has 0 bridgehead atoms. The predicted molar refractivity (Wildman–Crippen MR) is 120 cm³/mol. The molecule has 1 amide bonds. The number of fused-ring (bicyclic) bond motifs is 1. The molecule has 0 saturated carbocycles. The van der Waals surface area contributed by atoms with Gasteiger partial charge in [0.2, 0.25) is 5.91 Å². The monoisotopic (exact) mass is 424 g/mol. The zero-order valence-electron chi connectivity index (χ0n) is 18.3. The van der Waals surface area contributed by atoms with Crippen molar-refractivity contribution in [1.29, 1.82) is 0 Å². The molecular weight excluding hydrogens is 396 g/mol. The van der Waals surface area contributed by atoms with Crippen molar-refractivity contribution < 1.29 is 14.3 Å². The third kappa shape index (κ3) is 5.82. The molecular formula is C23H28N4O4. The third-order valence-corrected chi connectivity index (χ3v) is 4.53. The molecule has 0 radical (unpaired) electrons. The first-order chi connectivity index (χ1) is 14.9. The van der Waals surface area contributed by atoms with Gasteiger partial charge in [-0.25, -0.2) is 4.98 Å². The molecule has 0 saturated heterocycles. The molecule has 2 heterocycles. The van der Waals surface area contributed by atoms with Crippen molar-refractivity contribution in [2.24, 2.45) is 0 Å². The van der Waals surface area contributed by atoms with Crippen LogP contribution in [0.15, 0.2) is 47.4 Å². The highest BCUT2D eigenvalue weighted by Gasteiger charge is 2.12. The molecule has 3 aromatic rings. The van der Waals surface area contributed by atoms with Crippen molar-refractivity contribution in [2.45, 2.75) is 27.3 Å². The minimum absolute atomic E-state index is 0.139. The molecule has 0 spiro atoms. The van der Waals surface area contributed by atoms with Crippen LogP contribution in [-0.4, -0.2) is 47.0 Å². The molecule has 1 aromatic carbocycles. The Kier molecular flexibility index (Phi) is 7.25. The summed E-state index contributed by atoms with van der Waals surface area (Å²) in [5.74, 6) is 1.05. The predicted octanol–water partition coefficient (Wildman–Crippen LogP) is 2.87. The summed E-state index contributed by atoms with van der Waals surface area (Å²) >= 11 is 0. The maximum absolute atomic E-state index is 12.5. The van der Waals surface area contributed by atoms with Crippen LogP contribution in [-0.2, 0) is 11.3 Å². The molecule has 8 heteroatoms. The lowest BCUT2D eigenvalue weighted by Crippen LogP contribution is -2.30. The molecule has 8 nitrogen and oxygen atoms in total. The number of carbonyl (C=O) groups excluding carboxylic acids is 1. The molecule has 2 aromatic heterocycles. The quantitative estimate of drug-likeness (QED) is 0.569. The molecule has 1 N–H and O–H groups in total. The van der Waals surface area contributed by atoms with Crippen LogP contribution < -0.4 is 20.3 Å². The van der Waals surface area contributed by atoms with Crippen molar-refractivity contribution >= 4 is 17.2 Å². The molecule has 31 heavy (non-hydrogen) atoms. The van der Waals surface area contributed by atoms with Gasteiger partial charge in [-0.2, -0.15) is 0 Å². The number of rotatable bonds is 9.